The second-order valence-electron chi connectivity index (χ2n) is 6.61. The number of aryl methyl sites for hydroxylation is 3. The predicted octanol–water partition coefficient (Wildman–Crippen LogP) is 4.81. The molecule has 0 amide bonds. The van der Waals surface area contributed by atoms with Crippen LogP contribution in [0.15, 0.2) is 54.7 Å². The molecule has 3 heteroatoms. The van der Waals surface area contributed by atoms with E-state index in [0.29, 0.717) is 0 Å². The van der Waals surface area contributed by atoms with E-state index in [1.54, 1.807) is 0 Å². The van der Waals surface area contributed by atoms with Crippen molar-refractivity contribution in [3.63, 3.8) is 0 Å². The minimum atomic E-state index is 0.846. The molecule has 24 heavy (non-hydrogen) atoms. The van der Waals surface area contributed by atoms with E-state index in [4.69, 9.17) is 4.98 Å². The van der Waals surface area contributed by atoms with Gasteiger partial charge in [-0.2, -0.15) is 0 Å². The van der Waals surface area contributed by atoms with Crippen LogP contribution in [0.2, 0.25) is 0 Å². The fourth-order valence-corrected chi connectivity index (χ4v) is 3.22. The van der Waals surface area contributed by atoms with Crippen LogP contribution in [0, 0.1) is 6.92 Å². The first-order valence-electron chi connectivity index (χ1n) is 8.74. The summed E-state index contributed by atoms with van der Waals surface area (Å²) in [5, 5.41) is 3.48. The molecule has 3 nitrogen and oxygen atoms in total. The Labute approximate surface area is 143 Å². The zero-order chi connectivity index (χ0) is 16.4. The Morgan fingerprint density at radius 1 is 1.00 bits per heavy atom. The number of hydrogen-bond acceptors (Lipinski definition) is 2. The molecule has 0 unspecified atom stereocenters. The molecule has 0 saturated carbocycles. The van der Waals surface area contributed by atoms with E-state index in [1.807, 2.05) is 0 Å². The van der Waals surface area contributed by atoms with Crippen molar-refractivity contribution in [3.8, 4) is 11.3 Å². The van der Waals surface area contributed by atoms with E-state index >= 15 is 0 Å². The summed E-state index contributed by atoms with van der Waals surface area (Å²) in [7, 11) is 0. The van der Waals surface area contributed by atoms with E-state index in [9.17, 15) is 0 Å². The highest BCUT2D eigenvalue weighted by atomic mass is 15.1. The molecule has 2 heterocycles. The van der Waals surface area contributed by atoms with Crippen molar-refractivity contribution in [2.75, 3.05) is 5.32 Å². The molecule has 0 spiro atoms. The molecule has 4 rings (SSSR count). The highest BCUT2D eigenvalue weighted by molar-refractivity contribution is 5.62. The van der Waals surface area contributed by atoms with Gasteiger partial charge in [-0.3, -0.25) is 0 Å². The number of nitrogens with zero attached hydrogens (tertiary/aromatic N) is 2. The molecule has 1 aliphatic heterocycles. The Balaban J connectivity index is 1.44. The van der Waals surface area contributed by atoms with E-state index in [-0.39, 0.29) is 0 Å². The van der Waals surface area contributed by atoms with E-state index in [0.717, 1.165) is 30.9 Å². The van der Waals surface area contributed by atoms with Crippen molar-refractivity contribution < 1.29 is 0 Å². The van der Waals surface area contributed by atoms with Crippen molar-refractivity contribution in [2.24, 2.45) is 0 Å². The van der Waals surface area contributed by atoms with Crippen LogP contribution in [-0.2, 0) is 19.5 Å². The monoisotopic (exact) mass is 317 g/mol. The van der Waals surface area contributed by atoms with Gasteiger partial charge >= 0.3 is 0 Å². The molecular weight excluding hydrogens is 294 g/mol. The van der Waals surface area contributed by atoms with Crippen LogP contribution >= 0.6 is 0 Å². The number of hydrogen-bond donors (Lipinski definition) is 1. The van der Waals surface area contributed by atoms with E-state index in [2.05, 4.69) is 71.5 Å². The van der Waals surface area contributed by atoms with Crippen LogP contribution in [0.3, 0.4) is 0 Å². The van der Waals surface area contributed by atoms with Gasteiger partial charge in [0.15, 0.2) is 0 Å². The molecule has 1 N–H and O–H groups in total. The lowest BCUT2D eigenvalue weighted by atomic mass is 10.1. The fraction of sp³-hybridized carbons (Fsp3) is 0.286. The summed E-state index contributed by atoms with van der Waals surface area (Å²) in [6, 6.07) is 17.3. The molecule has 0 radical (unpaired) electrons. The Morgan fingerprint density at radius 3 is 2.54 bits per heavy atom. The summed E-state index contributed by atoms with van der Waals surface area (Å²) in [6.45, 7) is 4.07. The summed E-state index contributed by atoms with van der Waals surface area (Å²) >= 11 is 0. The molecule has 0 aliphatic carbocycles. The molecular formula is C21H23N3. The normalized spacial score (nSPS) is 13.5. The topological polar surface area (TPSA) is 29.9 Å². The molecule has 0 saturated heterocycles. The van der Waals surface area contributed by atoms with Crippen LogP contribution in [0.1, 0.15) is 29.8 Å². The first kappa shape index (κ1) is 15.0. The number of nitrogens with one attached hydrogen (secondary N) is 1. The third kappa shape index (κ3) is 3.21. The van der Waals surface area contributed by atoms with Crippen molar-refractivity contribution in [1.29, 1.82) is 0 Å². The lowest BCUT2D eigenvalue weighted by molar-refractivity contribution is 0.522. The van der Waals surface area contributed by atoms with E-state index < -0.39 is 0 Å². The minimum Gasteiger partial charge on any atom is -0.381 e. The molecule has 1 aliphatic rings. The molecule has 3 aromatic rings. The Kier molecular flexibility index (Phi) is 4.08. The first-order chi connectivity index (χ1) is 11.8. The lowest BCUT2D eigenvalue weighted by Crippen LogP contribution is -2.08. The van der Waals surface area contributed by atoms with Crippen molar-refractivity contribution in [3.05, 3.63) is 71.7 Å². The fourth-order valence-electron chi connectivity index (χ4n) is 3.22. The quantitative estimate of drug-likeness (QED) is 0.748. The number of benzene rings is 2. The number of anilines is 1. The summed E-state index contributed by atoms with van der Waals surface area (Å²) in [6.07, 6.45) is 5.84. The molecule has 2 aromatic carbocycles. The van der Waals surface area contributed by atoms with Crippen LogP contribution in [0.4, 0.5) is 5.69 Å². The van der Waals surface area contributed by atoms with Gasteiger partial charge in [-0.1, -0.05) is 42.0 Å². The molecule has 1 aromatic heterocycles. The number of rotatable bonds is 4. The minimum absolute atomic E-state index is 0.846. The van der Waals surface area contributed by atoms with Crippen molar-refractivity contribution in [1.82, 2.24) is 9.55 Å². The zero-order valence-electron chi connectivity index (χ0n) is 14.1. The van der Waals surface area contributed by atoms with Gasteiger partial charge < -0.3 is 9.88 Å². The maximum absolute atomic E-state index is 4.80. The summed E-state index contributed by atoms with van der Waals surface area (Å²) in [5.74, 6) is 1.23. The first-order valence-corrected chi connectivity index (χ1v) is 8.74. The third-order valence-electron chi connectivity index (χ3n) is 4.71. The average molecular weight is 317 g/mol. The highest BCUT2D eigenvalue weighted by Crippen LogP contribution is 2.24. The van der Waals surface area contributed by atoms with Crippen LogP contribution in [0.5, 0.6) is 0 Å². The predicted molar refractivity (Wildman–Crippen MR) is 99.1 cm³/mol. The van der Waals surface area contributed by atoms with Gasteiger partial charge in [0.2, 0.25) is 0 Å². The maximum Gasteiger partial charge on any atom is 0.109 e. The zero-order valence-corrected chi connectivity index (χ0v) is 14.1. The molecule has 0 fully saturated rings. The third-order valence-corrected chi connectivity index (χ3v) is 4.71. The summed E-state index contributed by atoms with van der Waals surface area (Å²) in [5.41, 5.74) is 6.02. The van der Waals surface area contributed by atoms with Crippen LogP contribution in [-0.4, -0.2) is 9.55 Å². The van der Waals surface area contributed by atoms with Gasteiger partial charge in [-0.05, 0) is 37.5 Å². The van der Waals surface area contributed by atoms with Gasteiger partial charge in [-0.15, -0.1) is 0 Å². The van der Waals surface area contributed by atoms with Crippen molar-refractivity contribution in [2.45, 2.75) is 39.3 Å². The lowest BCUT2D eigenvalue weighted by Gasteiger charge is -2.11. The number of fused-ring (bicyclic) bond motifs is 1. The summed E-state index contributed by atoms with van der Waals surface area (Å²) in [4.78, 5) is 4.80. The van der Waals surface area contributed by atoms with E-state index in [1.165, 1.54) is 35.4 Å². The van der Waals surface area contributed by atoms with Gasteiger partial charge in [0.1, 0.15) is 5.82 Å². The van der Waals surface area contributed by atoms with Gasteiger partial charge in [-0.25, -0.2) is 4.98 Å². The van der Waals surface area contributed by atoms with Crippen molar-refractivity contribution >= 4 is 5.69 Å². The van der Waals surface area contributed by atoms with Gasteiger partial charge in [0.25, 0.3) is 0 Å². The average Bonchev–Trinajstić information content (AvgIpc) is 3.06. The Bertz CT molecular complexity index is 790. The largest absolute Gasteiger partial charge is 0.381 e. The van der Waals surface area contributed by atoms with Gasteiger partial charge in [0.05, 0.1) is 5.69 Å². The van der Waals surface area contributed by atoms with Crippen LogP contribution in [0.25, 0.3) is 11.3 Å². The smallest absolute Gasteiger partial charge is 0.109 e. The second kappa shape index (κ2) is 6.52. The number of aromatic nitrogens is 2. The molecule has 0 atom stereocenters. The molecule has 0 bridgehead atoms. The Morgan fingerprint density at radius 2 is 1.79 bits per heavy atom. The molecule has 122 valence electrons. The highest BCUT2D eigenvalue weighted by Gasteiger charge is 2.12. The van der Waals surface area contributed by atoms with Crippen LogP contribution < -0.4 is 5.32 Å². The van der Waals surface area contributed by atoms with Gasteiger partial charge in [0, 0.05) is 37.0 Å². The maximum atomic E-state index is 4.80. The standard InChI is InChI=1S/C21H23N3/c1-16-5-7-17(8-6-16)14-22-19-11-9-18(10-12-19)20-15-24-13-3-2-4-21(24)23-20/h5-12,15,22H,2-4,13-14H2,1H3. The number of imidazole rings is 1. The summed E-state index contributed by atoms with van der Waals surface area (Å²) < 4.78 is 2.31. The Hall–Kier alpha value is -2.55. The second-order valence-corrected chi connectivity index (χ2v) is 6.61. The SMILES string of the molecule is Cc1ccc(CNc2ccc(-c3cn4c(n3)CCCC4)cc2)cc1.